The van der Waals surface area contributed by atoms with E-state index in [1.54, 1.807) is 30.3 Å². The summed E-state index contributed by atoms with van der Waals surface area (Å²) in [7, 11) is 1.87. The van der Waals surface area contributed by atoms with E-state index in [0.29, 0.717) is 29.3 Å². The first-order valence-corrected chi connectivity index (χ1v) is 10.8. The Bertz CT molecular complexity index is 1290. The van der Waals surface area contributed by atoms with Gasteiger partial charge in [-0.1, -0.05) is 30.3 Å². The van der Waals surface area contributed by atoms with Gasteiger partial charge in [0.15, 0.2) is 17.3 Å². The molecule has 6 rings (SSSR count). The van der Waals surface area contributed by atoms with E-state index in [4.69, 9.17) is 9.47 Å². The highest BCUT2D eigenvalue weighted by atomic mass is 19.1. The molecule has 1 saturated heterocycles. The van der Waals surface area contributed by atoms with Gasteiger partial charge in [0.2, 0.25) is 12.7 Å². The van der Waals surface area contributed by atoms with E-state index in [0.717, 1.165) is 11.1 Å². The van der Waals surface area contributed by atoms with Crippen molar-refractivity contribution in [2.75, 3.05) is 25.7 Å². The van der Waals surface area contributed by atoms with Crippen LogP contribution in [0, 0.1) is 11.7 Å². The summed E-state index contributed by atoms with van der Waals surface area (Å²) in [6.45, 7) is 0.575. The Morgan fingerprint density at radius 3 is 2.64 bits per heavy atom. The molecule has 3 aromatic carbocycles. The molecule has 0 radical (unpaired) electrons. The molecule has 1 spiro atoms. The Morgan fingerprint density at radius 2 is 1.82 bits per heavy atom. The van der Waals surface area contributed by atoms with Crippen molar-refractivity contribution in [1.29, 1.82) is 0 Å². The van der Waals surface area contributed by atoms with Crippen LogP contribution in [0.25, 0.3) is 0 Å². The monoisotopic (exact) mass is 444 g/mol. The number of ketones is 1. The highest BCUT2D eigenvalue weighted by Crippen LogP contribution is 2.55. The predicted molar refractivity (Wildman–Crippen MR) is 119 cm³/mol. The van der Waals surface area contributed by atoms with Gasteiger partial charge in [-0.25, -0.2) is 4.39 Å². The first-order chi connectivity index (χ1) is 16.0. The second-order valence-corrected chi connectivity index (χ2v) is 8.71. The summed E-state index contributed by atoms with van der Waals surface area (Å²) in [5.74, 6) is -0.682. The van der Waals surface area contributed by atoms with Gasteiger partial charge in [-0.3, -0.25) is 14.5 Å². The lowest BCUT2D eigenvalue weighted by Crippen LogP contribution is -2.51. The quantitative estimate of drug-likeness (QED) is 0.620. The molecule has 3 aliphatic heterocycles. The van der Waals surface area contributed by atoms with E-state index in [1.165, 1.54) is 12.1 Å². The van der Waals surface area contributed by atoms with E-state index < -0.39 is 11.5 Å². The first-order valence-electron chi connectivity index (χ1n) is 10.8. The van der Waals surface area contributed by atoms with Crippen LogP contribution in [0.5, 0.6) is 11.5 Å². The fraction of sp³-hybridized carbons (Fsp3) is 0.231. The number of halogens is 1. The van der Waals surface area contributed by atoms with Crippen molar-refractivity contribution in [3.8, 4) is 11.5 Å². The average molecular weight is 444 g/mol. The van der Waals surface area contributed by atoms with Crippen molar-refractivity contribution in [3.63, 3.8) is 0 Å². The maximum Gasteiger partial charge on any atom is 0.250 e. The van der Waals surface area contributed by atoms with Crippen LogP contribution in [-0.4, -0.2) is 37.0 Å². The van der Waals surface area contributed by atoms with E-state index >= 15 is 0 Å². The fourth-order valence-electron chi connectivity index (χ4n) is 5.63. The number of para-hydroxylation sites is 1. The van der Waals surface area contributed by atoms with Crippen LogP contribution in [-0.2, 0) is 10.3 Å². The molecule has 0 saturated carbocycles. The number of anilines is 1. The summed E-state index contributed by atoms with van der Waals surface area (Å²) in [5.41, 5.74) is 1.57. The van der Waals surface area contributed by atoms with Crippen LogP contribution < -0.4 is 14.8 Å². The van der Waals surface area contributed by atoms with Gasteiger partial charge in [0, 0.05) is 29.3 Å². The van der Waals surface area contributed by atoms with Crippen molar-refractivity contribution in [2.45, 2.75) is 11.5 Å². The number of benzene rings is 3. The third-order valence-corrected chi connectivity index (χ3v) is 7.09. The summed E-state index contributed by atoms with van der Waals surface area (Å²) >= 11 is 0. The molecule has 0 bridgehead atoms. The van der Waals surface area contributed by atoms with Gasteiger partial charge in [0.05, 0.1) is 5.92 Å². The zero-order valence-electron chi connectivity index (χ0n) is 17.9. The number of likely N-dealkylation sites (N-methyl/N-ethyl adjacent to an activating group) is 1. The third-order valence-electron chi connectivity index (χ3n) is 7.09. The van der Waals surface area contributed by atoms with Crippen molar-refractivity contribution < 1.29 is 23.5 Å². The molecule has 6 nitrogen and oxygen atoms in total. The lowest BCUT2D eigenvalue weighted by atomic mass is 9.70. The summed E-state index contributed by atoms with van der Waals surface area (Å²) in [6, 6.07) is 18.8. The highest BCUT2D eigenvalue weighted by Gasteiger charge is 2.64. The van der Waals surface area contributed by atoms with Crippen LogP contribution >= 0.6 is 0 Å². The van der Waals surface area contributed by atoms with Crippen LogP contribution in [0.3, 0.4) is 0 Å². The number of amides is 1. The molecule has 3 aliphatic rings. The zero-order chi connectivity index (χ0) is 22.7. The fourth-order valence-corrected chi connectivity index (χ4v) is 5.63. The molecule has 3 atom stereocenters. The Balaban J connectivity index is 1.54. The summed E-state index contributed by atoms with van der Waals surface area (Å²) < 4.78 is 24.6. The number of carbonyl (C=O) groups is 2. The van der Waals surface area contributed by atoms with E-state index in [9.17, 15) is 14.0 Å². The number of nitrogens with one attached hydrogen (secondary N) is 1. The summed E-state index contributed by atoms with van der Waals surface area (Å²) in [4.78, 5) is 29.8. The first kappa shape index (κ1) is 19.9. The number of carbonyl (C=O) groups excluding carboxylic acids is 2. The van der Waals surface area contributed by atoms with Crippen molar-refractivity contribution in [1.82, 2.24) is 4.90 Å². The Kier molecular flexibility index (Phi) is 4.32. The number of ether oxygens (including phenoxy) is 2. The molecule has 3 aromatic rings. The molecule has 166 valence electrons. The summed E-state index contributed by atoms with van der Waals surface area (Å²) in [5, 5.41) is 2.98. The van der Waals surface area contributed by atoms with Gasteiger partial charge in [0.25, 0.3) is 0 Å². The minimum Gasteiger partial charge on any atom is -0.454 e. The highest BCUT2D eigenvalue weighted by molar-refractivity contribution is 6.12. The minimum absolute atomic E-state index is 0.108. The van der Waals surface area contributed by atoms with E-state index in [2.05, 4.69) is 5.32 Å². The molecule has 33 heavy (non-hydrogen) atoms. The molecule has 0 aliphatic carbocycles. The van der Waals surface area contributed by atoms with Gasteiger partial charge in [-0.05, 0) is 49.0 Å². The summed E-state index contributed by atoms with van der Waals surface area (Å²) in [6.07, 6.45) is 0. The second-order valence-electron chi connectivity index (χ2n) is 8.71. The molecular formula is C26H21FN2O4. The standard InChI is InChI=1S/C26H21FN2O4/c1-29-13-18(15-6-9-17(27)10-7-15)23(24(30)16-8-11-21-22(12-16)33-14-32-21)26(29)19-4-2-3-5-20(19)28-25(26)31/h2-12,18,23H,13-14H2,1H3,(H,28,31)/t18-,23-,26-/m1/s1. The smallest absolute Gasteiger partial charge is 0.250 e. The average Bonchev–Trinajstić information content (AvgIpc) is 3.49. The number of fused-ring (bicyclic) bond motifs is 3. The van der Waals surface area contributed by atoms with E-state index in [1.807, 2.05) is 36.2 Å². The normalized spacial score (nSPS) is 25.3. The molecule has 0 aromatic heterocycles. The number of hydrogen-bond donors (Lipinski definition) is 1. The topological polar surface area (TPSA) is 67.9 Å². The molecule has 7 heteroatoms. The molecule has 3 heterocycles. The number of likely N-dealkylation sites (tertiary alicyclic amines) is 1. The van der Waals surface area contributed by atoms with Gasteiger partial charge in [-0.2, -0.15) is 0 Å². The third kappa shape index (κ3) is 2.75. The molecular weight excluding hydrogens is 423 g/mol. The SMILES string of the molecule is CN1C[C@H](c2ccc(F)cc2)[C@H](C(=O)c2ccc3c(c2)OCO3)[C@]12C(=O)Nc1ccccc12. The predicted octanol–water partition coefficient (Wildman–Crippen LogP) is 3.93. The Hall–Kier alpha value is -3.71. The van der Waals surface area contributed by atoms with Crippen molar-refractivity contribution in [2.24, 2.45) is 5.92 Å². The maximum atomic E-state index is 14.2. The largest absolute Gasteiger partial charge is 0.454 e. The van der Waals surface area contributed by atoms with Gasteiger partial charge in [0.1, 0.15) is 11.4 Å². The molecule has 1 fully saturated rings. The van der Waals surface area contributed by atoms with Crippen molar-refractivity contribution in [3.05, 3.63) is 89.2 Å². The Labute approximate surface area is 189 Å². The van der Waals surface area contributed by atoms with Crippen LogP contribution in [0.15, 0.2) is 66.7 Å². The van der Waals surface area contributed by atoms with Crippen LogP contribution in [0.4, 0.5) is 10.1 Å². The second kappa shape index (κ2) is 7.15. The van der Waals surface area contributed by atoms with Crippen LogP contribution in [0.1, 0.15) is 27.4 Å². The molecule has 1 amide bonds. The maximum absolute atomic E-state index is 14.2. The lowest BCUT2D eigenvalue weighted by molar-refractivity contribution is -0.126. The van der Waals surface area contributed by atoms with Gasteiger partial charge in [-0.15, -0.1) is 0 Å². The number of rotatable bonds is 3. The minimum atomic E-state index is -1.18. The zero-order valence-corrected chi connectivity index (χ0v) is 17.9. The Morgan fingerprint density at radius 1 is 1.06 bits per heavy atom. The number of Topliss-reactive ketones (excluding diaryl/α,β-unsaturated/α-hetero) is 1. The van der Waals surface area contributed by atoms with Gasteiger partial charge >= 0.3 is 0 Å². The number of nitrogens with zero attached hydrogens (tertiary/aromatic N) is 1. The molecule has 0 unspecified atom stereocenters. The van der Waals surface area contributed by atoms with Gasteiger partial charge < -0.3 is 14.8 Å². The lowest BCUT2D eigenvalue weighted by Gasteiger charge is -2.35. The molecule has 1 N–H and O–H groups in total. The van der Waals surface area contributed by atoms with Crippen molar-refractivity contribution >= 4 is 17.4 Å². The van der Waals surface area contributed by atoms with Crippen LogP contribution in [0.2, 0.25) is 0 Å². The number of hydrogen-bond acceptors (Lipinski definition) is 5. The van der Waals surface area contributed by atoms with E-state index in [-0.39, 0.29) is 30.2 Å².